The van der Waals surface area contributed by atoms with Gasteiger partial charge in [-0.2, -0.15) is 0 Å². The molecule has 13 heteroatoms. The van der Waals surface area contributed by atoms with Crippen LogP contribution in [0, 0.1) is 10.1 Å². The number of hydrogen-bond acceptors (Lipinski definition) is 10. The van der Waals surface area contributed by atoms with E-state index in [2.05, 4.69) is 30.6 Å². The topological polar surface area (TPSA) is 164 Å². The maximum Gasteiger partial charge on any atom is 0.328 e. The molecule has 13 nitrogen and oxygen atoms in total. The lowest BCUT2D eigenvalue weighted by Gasteiger charge is -2.29. The molecule has 2 aliphatic heterocycles. The second kappa shape index (κ2) is 10.3. The van der Waals surface area contributed by atoms with Gasteiger partial charge < -0.3 is 10.1 Å². The van der Waals surface area contributed by atoms with Crippen molar-refractivity contribution in [3.63, 3.8) is 0 Å². The Morgan fingerprint density at radius 3 is 2.91 bits per heavy atom. The van der Waals surface area contributed by atoms with Crippen LogP contribution in [0.3, 0.4) is 0 Å². The number of nitrogens with zero attached hydrogens (tertiary/aromatic N) is 6. The maximum absolute atomic E-state index is 13.1. The number of carbonyl (C=O) groups is 2. The number of anilines is 3. The third-order valence-electron chi connectivity index (χ3n) is 5.50. The number of aryl methyl sites for hydroxylation is 1. The predicted molar refractivity (Wildman–Crippen MR) is 130 cm³/mol. The molecule has 0 saturated carbocycles. The van der Waals surface area contributed by atoms with Gasteiger partial charge in [-0.3, -0.25) is 35.1 Å². The lowest BCUT2D eigenvalue weighted by atomic mass is 10.00. The van der Waals surface area contributed by atoms with E-state index in [9.17, 15) is 19.7 Å². The number of nitro groups is 1. The molecule has 4 heterocycles. The fourth-order valence-electron chi connectivity index (χ4n) is 3.86. The minimum absolute atomic E-state index is 0.130. The van der Waals surface area contributed by atoms with Crippen LogP contribution < -0.4 is 15.5 Å². The number of aldehydes is 1. The van der Waals surface area contributed by atoms with Crippen molar-refractivity contribution < 1.29 is 19.2 Å². The van der Waals surface area contributed by atoms with Gasteiger partial charge in [-0.1, -0.05) is 0 Å². The van der Waals surface area contributed by atoms with Crippen molar-refractivity contribution in [2.45, 2.75) is 25.9 Å². The van der Waals surface area contributed by atoms with E-state index in [0.29, 0.717) is 55.9 Å². The number of amides is 2. The zero-order chi connectivity index (χ0) is 24.9. The molecule has 2 aromatic heterocycles. The van der Waals surface area contributed by atoms with Crippen molar-refractivity contribution in [3.05, 3.63) is 45.3 Å². The smallest absolute Gasteiger partial charge is 0.328 e. The number of hydrogen-bond donors (Lipinski definition) is 2. The Hall–Kier alpha value is -4.26. The second-order valence-corrected chi connectivity index (χ2v) is 7.89. The monoisotopic (exact) mass is 480 g/mol. The Bertz CT molecular complexity index is 1230. The number of pyridine rings is 2. The molecular weight excluding hydrogens is 456 g/mol. The molecule has 2 N–H and O–H groups in total. The Labute approximate surface area is 200 Å². The molecule has 0 bridgehead atoms. The molecule has 4 rings (SSSR count). The van der Waals surface area contributed by atoms with Crippen molar-refractivity contribution in [3.8, 4) is 0 Å². The molecule has 2 aromatic rings. The van der Waals surface area contributed by atoms with Crippen LogP contribution in [-0.2, 0) is 11.2 Å². The Balaban J connectivity index is 1.59. The van der Waals surface area contributed by atoms with E-state index < -0.39 is 11.0 Å². The SMILES string of the molecule is COCCNc1cc(NC(=O)N2CCCc3cc(C4=NC(C)N=C4)c(C=O)nc32)ncc1[N+](=O)[O-]. The summed E-state index contributed by atoms with van der Waals surface area (Å²) in [6.45, 7) is 2.90. The normalized spacial score (nSPS) is 16.5. The molecule has 0 aromatic carbocycles. The number of rotatable bonds is 8. The average Bonchev–Trinajstić information content (AvgIpc) is 3.28. The van der Waals surface area contributed by atoms with Crippen molar-refractivity contribution in [1.82, 2.24) is 9.97 Å². The fraction of sp³-hybridized carbons (Fsp3) is 0.364. The van der Waals surface area contributed by atoms with Crippen LogP contribution in [-0.4, -0.2) is 72.1 Å². The summed E-state index contributed by atoms with van der Waals surface area (Å²) >= 11 is 0. The van der Waals surface area contributed by atoms with Gasteiger partial charge in [0.1, 0.15) is 35.4 Å². The van der Waals surface area contributed by atoms with E-state index in [1.807, 2.05) is 13.0 Å². The summed E-state index contributed by atoms with van der Waals surface area (Å²) in [7, 11) is 1.52. The number of ether oxygens (including phenoxy) is 1. The summed E-state index contributed by atoms with van der Waals surface area (Å²) in [6, 6.07) is 2.71. The molecule has 2 aliphatic rings. The van der Waals surface area contributed by atoms with Gasteiger partial charge in [0.2, 0.25) is 0 Å². The number of fused-ring (bicyclic) bond motifs is 1. The molecule has 1 atom stereocenters. The van der Waals surface area contributed by atoms with Crippen LogP contribution in [0.5, 0.6) is 0 Å². The average molecular weight is 480 g/mol. The van der Waals surface area contributed by atoms with E-state index in [1.54, 1.807) is 6.21 Å². The first-order valence-corrected chi connectivity index (χ1v) is 11.0. The van der Waals surface area contributed by atoms with Crippen LogP contribution in [0.25, 0.3) is 0 Å². The number of aliphatic imine (C=N–C) groups is 2. The van der Waals surface area contributed by atoms with E-state index in [4.69, 9.17) is 4.74 Å². The predicted octanol–water partition coefficient (Wildman–Crippen LogP) is 2.46. The fourth-order valence-corrected chi connectivity index (χ4v) is 3.86. The summed E-state index contributed by atoms with van der Waals surface area (Å²) in [4.78, 5) is 54.2. The van der Waals surface area contributed by atoms with Gasteiger partial charge in [0.05, 0.1) is 17.2 Å². The molecule has 0 radical (unpaired) electrons. The number of urea groups is 1. The Morgan fingerprint density at radius 2 is 2.23 bits per heavy atom. The zero-order valence-electron chi connectivity index (χ0n) is 19.2. The van der Waals surface area contributed by atoms with Crippen LogP contribution in [0.4, 0.5) is 27.8 Å². The van der Waals surface area contributed by atoms with Gasteiger partial charge in [-0.25, -0.2) is 14.8 Å². The first-order valence-electron chi connectivity index (χ1n) is 11.0. The molecular formula is C22H24N8O5. The molecule has 2 amide bonds. The standard InChI is InChI=1S/C22H24N8O5/c1-13-24-10-17(26-13)15-8-14-4-3-6-29(21(14)27-18(15)12-31)22(32)28-20-9-16(23-5-7-35-2)19(11-25-20)30(33)34/h8-13H,3-7H2,1-2H3,(H2,23,25,28,32). The van der Waals surface area contributed by atoms with Crippen LogP contribution in [0.2, 0.25) is 0 Å². The van der Waals surface area contributed by atoms with Gasteiger partial charge in [-0.05, 0) is 31.4 Å². The summed E-state index contributed by atoms with van der Waals surface area (Å²) in [5.74, 6) is 0.508. The Morgan fingerprint density at radius 1 is 1.40 bits per heavy atom. The van der Waals surface area contributed by atoms with E-state index >= 15 is 0 Å². The van der Waals surface area contributed by atoms with E-state index in [-0.39, 0.29) is 29.1 Å². The summed E-state index contributed by atoms with van der Waals surface area (Å²) in [6.07, 6.45) is 4.49. The lowest BCUT2D eigenvalue weighted by molar-refractivity contribution is -0.384. The van der Waals surface area contributed by atoms with Gasteiger partial charge in [0, 0.05) is 38.0 Å². The Kier molecular flexibility index (Phi) is 7.06. The largest absolute Gasteiger partial charge is 0.383 e. The lowest BCUT2D eigenvalue weighted by Crippen LogP contribution is -2.40. The molecule has 182 valence electrons. The number of aromatic nitrogens is 2. The van der Waals surface area contributed by atoms with Gasteiger partial charge >= 0.3 is 11.7 Å². The molecule has 0 saturated heterocycles. The molecule has 35 heavy (non-hydrogen) atoms. The third kappa shape index (κ3) is 5.14. The summed E-state index contributed by atoms with van der Waals surface area (Å²) in [5, 5.41) is 16.9. The van der Waals surface area contributed by atoms with E-state index in [0.717, 1.165) is 11.8 Å². The second-order valence-electron chi connectivity index (χ2n) is 7.89. The highest BCUT2D eigenvalue weighted by atomic mass is 16.6. The van der Waals surface area contributed by atoms with Crippen molar-refractivity contribution in [2.24, 2.45) is 9.98 Å². The number of carbonyl (C=O) groups excluding carboxylic acids is 2. The highest BCUT2D eigenvalue weighted by Crippen LogP contribution is 2.30. The molecule has 0 aliphatic carbocycles. The quantitative estimate of drug-likeness (QED) is 0.252. The minimum Gasteiger partial charge on any atom is -0.383 e. The zero-order valence-corrected chi connectivity index (χ0v) is 19.2. The summed E-state index contributed by atoms with van der Waals surface area (Å²) in [5.41, 5.74) is 2.12. The van der Waals surface area contributed by atoms with Crippen LogP contribution in [0.1, 0.15) is 35.0 Å². The van der Waals surface area contributed by atoms with Crippen molar-refractivity contribution in [1.29, 1.82) is 0 Å². The van der Waals surface area contributed by atoms with Gasteiger partial charge in [-0.15, -0.1) is 0 Å². The number of methoxy groups -OCH3 is 1. The highest BCUT2D eigenvalue weighted by Gasteiger charge is 2.28. The molecule has 1 unspecified atom stereocenters. The van der Waals surface area contributed by atoms with Gasteiger partial charge in [0.15, 0.2) is 6.29 Å². The van der Waals surface area contributed by atoms with Gasteiger partial charge in [0.25, 0.3) is 0 Å². The van der Waals surface area contributed by atoms with Crippen molar-refractivity contribution >= 4 is 47.3 Å². The molecule has 0 fully saturated rings. The first-order chi connectivity index (χ1) is 16.9. The molecule has 0 spiro atoms. The highest BCUT2D eigenvalue weighted by molar-refractivity contribution is 6.40. The minimum atomic E-state index is -0.558. The maximum atomic E-state index is 13.1. The van der Waals surface area contributed by atoms with E-state index in [1.165, 1.54) is 18.1 Å². The van der Waals surface area contributed by atoms with Crippen LogP contribution >= 0.6 is 0 Å². The van der Waals surface area contributed by atoms with Crippen molar-refractivity contribution in [2.75, 3.05) is 42.3 Å². The first kappa shape index (κ1) is 23.9. The van der Waals surface area contributed by atoms with Crippen LogP contribution in [0.15, 0.2) is 28.3 Å². The number of nitrogens with one attached hydrogen (secondary N) is 2. The third-order valence-corrected chi connectivity index (χ3v) is 5.50. The summed E-state index contributed by atoms with van der Waals surface area (Å²) < 4.78 is 4.97.